The summed E-state index contributed by atoms with van der Waals surface area (Å²) in [6, 6.07) is 22.4. The van der Waals surface area contributed by atoms with E-state index in [0.717, 1.165) is 17.5 Å². The van der Waals surface area contributed by atoms with Gasteiger partial charge in [-0.25, -0.2) is 0 Å². The molecule has 6 nitrogen and oxygen atoms in total. The smallest absolute Gasteiger partial charge is 0.325 e. The predicted octanol–water partition coefficient (Wildman–Crippen LogP) is 5.63. The molecule has 1 fully saturated rings. The minimum absolute atomic E-state index is 0.190. The predicted molar refractivity (Wildman–Crippen MR) is 145 cm³/mol. The van der Waals surface area contributed by atoms with Gasteiger partial charge in [-0.3, -0.25) is 14.5 Å². The molecule has 0 bridgehead atoms. The lowest BCUT2D eigenvalue weighted by Gasteiger charge is -2.19. The van der Waals surface area contributed by atoms with E-state index < -0.39 is 5.97 Å². The van der Waals surface area contributed by atoms with E-state index in [4.69, 9.17) is 33.3 Å². The maximum Gasteiger partial charge on any atom is 0.325 e. The minimum Gasteiger partial charge on any atom is -0.488 e. The molecule has 1 heterocycles. The number of halogens is 1. The van der Waals surface area contributed by atoms with Crippen molar-refractivity contribution in [3.63, 3.8) is 0 Å². The molecule has 4 rings (SSSR count). The van der Waals surface area contributed by atoms with Crippen LogP contribution in [0.5, 0.6) is 5.75 Å². The van der Waals surface area contributed by atoms with Crippen LogP contribution in [0.2, 0.25) is 5.02 Å². The number of anilines is 1. The van der Waals surface area contributed by atoms with Crippen LogP contribution in [-0.4, -0.2) is 35.5 Å². The first kappa shape index (κ1) is 25.4. The summed E-state index contributed by atoms with van der Waals surface area (Å²) in [6.07, 6.45) is 2.57. The van der Waals surface area contributed by atoms with Crippen LogP contribution in [0.25, 0.3) is 6.08 Å². The summed E-state index contributed by atoms with van der Waals surface area (Å²) in [5.74, 6) is -0.255. The molecule has 184 valence electrons. The number of amides is 1. The van der Waals surface area contributed by atoms with Crippen molar-refractivity contribution in [2.24, 2.45) is 0 Å². The van der Waals surface area contributed by atoms with Crippen LogP contribution in [-0.2, 0) is 27.4 Å². The van der Waals surface area contributed by atoms with Gasteiger partial charge < -0.3 is 14.4 Å². The van der Waals surface area contributed by atoms with Gasteiger partial charge in [-0.1, -0.05) is 61.0 Å². The summed E-state index contributed by atoms with van der Waals surface area (Å²) >= 11 is 11.6. The number of ether oxygens (including phenoxy) is 2. The molecule has 3 aromatic carbocycles. The van der Waals surface area contributed by atoms with Gasteiger partial charge in [0, 0.05) is 10.6 Å². The van der Waals surface area contributed by atoms with E-state index in [9.17, 15) is 9.59 Å². The van der Waals surface area contributed by atoms with E-state index >= 15 is 0 Å². The van der Waals surface area contributed by atoms with Crippen LogP contribution in [0.15, 0.2) is 78.5 Å². The van der Waals surface area contributed by atoms with Gasteiger partial charge in [0.15, 0.2) is 5.11 Å². The second-order valence-electron chi connectivity index (χ2n) is 8.09. The number of esters is 1. The van der Waals surface area contributed by atoms with Gasteiger partial charge in [-0.2, -0.15) is 0 Å². The third kappa shape index (κ3) is 5.58. The molecule has 0 aliphatic carbocycles. The van der Waals surface area contributed by atoms with Gasteiger partial charge in [0.05, 0.1) is 12.8 Å². The van der Waals surface area contributed by atoms with Gasteiger partial charge in [0.1, 0.15) is 24.6 Å². The monoisotopic (exact) mass is 520 g/mol. The van der Waals surface area contributed by atoms with Crippen molar-refractivity contribution >= 4 is 52.6 Å². The second-order valence-corrected chi connectivity index (χ2v) is 8.89. The number of methoxy groups -OCH3 is 1. The molecule has 8 heteroatoms. The minimum atomic E-state index is -0.508. The summed E-state index contributed by atoms with van der Waals surface area (Å²) in [5, 5.41) is 0.861. The molecule has 0 N–H and O–H groups in total. The number of carbonyl (C=O) groups excluding carboxylic acids is 2. The molecule has 1 aliphatic heterocycles. The maximum absolute atomic E-state index is 13.6. The fraction of sp³-hybridized carbons (Fsp3) is 0.179. The highest BCUT2D eigenvalue weighted by molar-refractivity contribution is 7.80. The van der Waals surface area contributed by atoms with Crippen molar-refractivity contribution < 1.29 is 19.1 Å². The van der Waals surface area contributed by atoms with Crippen LogP contribution < -0.4 is 9.64 Å². The number of hydrogen-bond donors (Lipinski definition) is 0. The Bertz CT molecular complexity index is 1310. The fourth-order valence-corrected chi connectivity index (χ4v) is 4.23. The summed E-state index contributed by atoms with van der Waals surface area (Å²) in [4.78, 5) is 28.7. The largest absolute Gasteiger partial charge is 0.488 e. The molecule has 0 aromatic heterocycles. The summed E-state index contributed by atoms with van der Waals surface area (Å²) in [6.45, 7) is 2.20. The Kier molecular flexibility index (Phi) is 8.03. The second kappa shape index (κ2) is 11.4. The Balaban J connectivity index is 1.67. The van der Waals surface area contributed by atoms with Crippen LogP contribution in [0.1, 0.15) is 23.6 Å². The van der Waals surface area contributed by atoms with Crippen molar-refractivity contribution in [1.29, 1.82) is 0 Å². The highest BCUT2D eigenvalue weighted by Crippen LogP contribution is 2.31. The standard InChI is InChI=1S/C28H25ClN2O4S/c1-3-19-10-14-23(15-11-19)31-27(33)24(30(28(31)36)17-26(32)34-2)16-21-6-4-5-7-25(21)35-18-20-8-12-22(29)13-9-20/h4-16H,3,17-18H2,1-2H3/b24-16-. The van der Waals surface area contributed by atoms with E-state index in [1.807, 2.05) is 60.7 Å². The van der Waals surface area contributed by atoms with E-state index in [1.54, 1.807) is 18.2 Å². The van der Waals surface area contributed by atoms with E-state index in [-0.39, 0.29) is 23.3 Å². The quantitative estimate of drug-likeness (QED) is 0.218. The molecule has 0 unspecified atom stereocenters. The first-order chi connectivity index (χ1) is 17.4. The zero-order chi connectivity index (χ0) is 25.7. The summed E-state index contributed by atoms with van der Waals surface area (Å²) < 4.78 is 10.9. The highest BCUT2D eigenvalue weighted by Gasteiger charge is 2.40. The molecule has 3 aromatic rings. The topological polar surface area (TPSA) is 59.1 Å². The zero-order valence-electron chi connectivity index (χ0n) is 19.9. The van der Waals surface area contributed by atoms with Crippen LogP contribution in [0.3, 0.4) is 0 Å². The van der Waals surface area contributed by atoms with Gasteiger partial charge in [-0.15, -0.1) is 0 Å². The molecule has 1 saturated heterocycles. The first-order valence-electron chi connectivity index (χ1n) is 11.4. The number of hydrogen-bond acceptors (Lipinski definition) is 5. The van der Waals surface area contributed by atoms with Crippen molar-refractivity contribution in [2.75, 3.05) is 18.6 Å². The van der Waals surface area contributed by atoms with Gasteiger partial charge >= 0.3 is 5.97 Å². The van der Waals surface area contributed by atoms with E-state index in [2.05, 4.69) is 6.92 Å². The van der Waals surface area contributed by atoms with Crippen LogP contribution in [0.4, 0.5) is 5.69 Å². The normalized spacial score (nSPS) is 14.5. The maximum atomic E-state index is 13.6. The Morgan fingerprint density at radius 1 is 1.00 bits per heavy atom. The molecule has 1 aliphatic rings. The zero-order valence-corrected chi connectivity index (χ0v) is 21.5. The molecule has 0 spiro atoms. The number of nitrogens with zero attached hydrogens (tertiary/aromatic N) is 2. The average molecular weight is 521 g/mol. The fourth-order valence-electron chi connectivity index (χ4n) is 3.76. The average Bonchev–Trinajstić information content (AvgIpc) is 3.12. The van der Waals surface area contributed by atoms with E-state index in [1.165, 1.54) is 16.9 Å². The highest BCUT2D eigenvalue weighted by atomic mass is 35.5. The molecule has 36 heavy (non-hydrogen) atoms. The number of carbonyl (C=O) groups is 2. The van der Waals surface area contributed by atoms with Gasteiger partial charge in [-0.05, 0) is 66.2 Å². The van der Waals surface area contributed by atoms with Gasteiger partial charge in [0.25, 0.3) is 5.91 Å². The Hall–Kier alpha value is -3.68. The molecule has 0 saturated carbocycles. The van der Waals surface area contributed by atoms with Crippen LogP contribution >= 0.6 is 23.8 Å². The van der Waals surface area contributed by atoms with Crippen molar-refractivity contribution in [1.82, 2.24) is 4.90 Å². The number of aryl methyl sites for hydroxylation is 1. The molecule has 0 atom stereocenters. The SMILES string of the molecule is CCc1ccc(N2C(=O)/C(=C/c3ccccc3OCc3ccc(Cl)cc3)N(CC(=O)OC)C2=S)cc1. The Morgan fingerprint density at radius 3 is 2.33 bits per heavy atom. The molecular formula is C28H25ClN2O4S. The number of thiocarbonyl (C=S) groups is 1. The summed E-state index contributed by atoms with van der Waals surface area (Å²) in [5.41, 5.74) is 3.66. The van der Waals surface area contributed by atoms with E-state index in [0.29, 0.717) is 28.6 Å². The third-order valence-corrected chi connectivity index (χ3v) is 6.43. The lowest BCUT2D eigenvalue weighted by molar-refractivity contribution is -0.140. The third-order valence-electron chi connectivity index (χ3n) is 5.77. The summed E-state index contributed by atoms with van der Waals surface area (Å²) in [7, 11) is 1.30. The Morgan fingerprint density at radius 2 is 1.67 bits per heavy atom. The molecule has 1 amide bonds. The lowest BCUT2D eigenvalue weighted by Crippen LogP contribution is -2.35. The number of para-hydroxylation sites is 1. The number of benzene rings is 3. The first-order valence-corrected chi connectivity index (χ1v) is 12.2. The lowest BCUT2D eigenvalue weighted by atomic mass is 10.1. The van der Waals surface area contributed by atoms with Crippen LogP contribution in [0, 0.1) is 0 Å². The van der Waals surface area contributed by atoms with Crippen molar-refractivity contribution in [2.45, 2.75) is 20.0 Å². The van der Waals surface area contributed by atoms with Crippen molar-refractivity contribution in [3.05, 3.63) is 100 Å². The van der Waals surface area contributed by atoms with Crippen molar-refractivity contribution in [3.8, 4) is 5.75 Å². The number of rotatable bonds is 8. The van der Waals surface area contributed by atoms with Gasteiger partial charge in [0.2, 0.25) is 0 Å². The molecular weight excluding hydrogens is 496 g/mol. The Labute approximate surface area is 220 Å². The molecule has 0 radical (unpaired) electrons.